The van der Waals surface area contributed by atoms with Crippen molar-refractivity contribution in [3.8, 4) is 5.75 Å². The van der Waals surface area contributed by atoms with Gasteiger partial charge < -0.3 is 4.74 Å². The second kappa shape index (κ2) is 5.22. The van der Waals surface area contributed by atoms with E-state index < -0.39 is 0 Å². The Kier molecular flexibility index (Phi) is 4.43. The van der Waals surface area contributed by atoms with Gasteiger partial charge in [0.25, 0.3) is 0 Å². The maximum absolute atomic E-state index is 5.22. The van der Waals surface area contributed by atoms with Gasteiger partial charge in [0.05, 0.1) is 7.11 Å². The van der Waals surface area contributed by atoms with Crippen LogP contribution < -0.4 is 4.74 Å². The minimum absolute atomic E-state index is 0.334. The molecule has 2 heteroatoms. The minimum Gasteiger partial charge on any atom is -0.497 e. The highest BCUT2D eigenvalue weighted by molar-refractivity contribution is 9.09. The van der Waals surface area contributed by atoms with Crippen LogP contribution in [-0.4, -0.2) is 7.11 Å². The summed E-state index contributed by atoms with van der Waals surface area (Å²) in [4.78, 5) is 0.415. The van der Waals surface area contributed by atoms with Crippen molar-refractivity contribution in [1.29, 1.82) is 0 Å². The molecule has 0 saturated carbocycles. The molecule has 1 aromatic rings. The molecule has 0 bridgehead atoms. The van der Waals surface area contributed by atoms with E-state index in [1.54, 1.807) is 7.11 Å². The van der Waals surface area contributed by atoms with Crippen LogP contribution in [0.15, 0.2) is 18.2 Å². The molecular weight excluding hydrogens is 264 g/mol. The lowest BCUT2D eigenvalue weighted by molar-refractivity contribution is 0.376. The predicted molar refractivity (Wildman–Crippen MR) is 73.5 cm³/mol. The van der Waals surface area contributed by atoms with Gasteiger partial charge in [-0.15, -0.1) is 0 Å². The normalized spacial score (nSPS) is 13.6. The first-order valence-corrected chi connectivity index (χ1v) is 6.53. The molecular formula is C14H21BrO. The molecule has 1 atom stereocenters. The molecule has 1 nitrogen and oxygen atoms in total. The molecule has 0 aliphatic rings. The van der Waals surface area contributed by atoms with Crippen LogP contribution in [0.1, 0.15) is 43.1 Å². The lowest BCUT2D eigenvalue weighted by atomic mass is 9.87. The molecule has 0 fully saturated rings. The van der Waals surface area contributed by atoms with E-state index in [-0.39, 0.29) is 0 Å². The Morgan fingerprint density at radius 3 is 2.38 bits per heavy atom. The third kappa shape index (κ3) is 3.82. The van der Waals surface area contributed by atoms with Gasteiger partial charge in [0.1, 0.15) is 5.75 Å². The topological polar surface area (TPSA) is 9.23 Å². The largest absolute Gasteiger partial charge is 0.497 e. The summed E-state index contributed by atoms with van der Waals surface area (Å²) in [6, 6.07) is 6.27. The summed E-state index contributed by atoms with van der Waals surface area (Å²) < 4.78 is 5.22. The maximum Gasteiger partial charge on any atom is 0.119 e. The highest BCUT2D eigenvalue weighted by Crippen LogP contribution is 2.37. The molecule has 1 rings (SSSR count). The molecule has 0 saturated heterocycles. The summed E-state index contributed by atoms with van der Waals surface area (Å²) in [7, 11) is 1.70. The van der Waals surface area contributed by atoms with Gasteiger partial charge in [-0.25, -0.2) is 0 Å². The van der Waals surface area contributed by atoms with Crippen molar-refractivity contribution in [3.63, 3.8) is 0 Å². The third-order valence-corrected chi connectivity index (χ3v) is 3.42. The van der Waals surface area contributed by atoms with Crippen molar-refractivity contribution in [2.75, 3.05) is 7.11 Å². The van der Waals surface area contributed by atoms with Gasteiger partial charge in [-0.2, -0.15) is 0 Å². The van der Waals surface area contributed by atoms with Gasteiger partial charge in [0.15, 0.2) is 0 Å². The lowest BCUT2D eigenvalue weighted by Crippen LogP contribution is -2.09. The Hall–Kier alpha value is -0.500. The van der Waals surface area contributed by atoms with E-state index in [2.05, 4.69) is 55.8 Å². The van der Waals surface area contributed by atoms with Gasteiger partial charge in [-0.05, 0) is 42.0 Å². The van der Waals surface area contributed by atoms with E-state index in [1.807, 2.05) is 6.07 Å². The van der Waals surface area contributed by atoms with Crippen LogP contribution >= 0.6 is 15.9 Å². The van der Waals surface area contributed by atoms with Crippen molar-refractivity contribution < 1.29 is 4.74 Å². The van der Waals surface area contributed by atoms with Crippen LogP contribution in [0.2, 0.25) is 0 Å². The summed E-state index contributed by atoms with van der Waals surface area (Å²) >= 11 is 3.78. The highest BCUT2D eigenvalue weighted by atomic mass is 79.9. The van der Waals surface area contributed by atoms with Gasteiger partial charge in [-0.1, -0.05) is 42.8 Å². The quantitative estimate of drug-likeness (QED) is 0.719. The number of benzene rings is 1. The van der Waals surface area contributed by atoms with Crippen molar-refractivity contribution in [1.82, 2.24) is 0 Å². The number of halogens is 1. The molecule has 1 aromatic carbocycles. The molecule has 16 heavy (non-hydrogen) atoms. The first-order valence-electron chi connectivity index (χ1n) is 5.62. The molecule has 90 valence electrons. The first kappa shape index (κ1) is 13.6. The second-order valence-electron chi connectivity index (χ2n) is 5.45. The standard InChI is InChI=1S/C14H21BrO/c1-10-8-11(16-5)6-7-12(10)13(15)9-14(2,3)4/h6-8,13H,9H2,1-5H3. The van der Waals surface area contributed by atoms with Gasteiger partial charge in [-0.3, -0.25) is 0 Å². The van der Waals surface area contributed by atoms with Crippen LogP contribution in [-0.2, 0) is 0 Å². The zero-order chi connectivity index (χ0) is 12.3. The monoisotopic (exact) mass is 284 g/mol. The van der Waals surface area contributed by atoms with Gasteiger partial charge in [0, 0.05) is 4.83 Å². The fraction of sp³-hybridized carbons (Fsp3) is 0.571. The Balaban J connectivity index is 2.88. The van der Waals surface area contributed by atoms with Crippen molar-refractivity contribution >= 4 is 15.9 Å². The van der Waals surface area contributed by atoms with E-state index >= 15 is 0 Å². The van der Waals surface area contributed by atoms with Crippen molar-refractivity contribution in [2.24, 2.45) is 5.41 Å². The number of methoxy groups -OCH3 is 1. The first-order chi connectivity index (χ1) is 7.33. The zero-order valence-corrected chi connectivity index (χ0v) is 12.4. The SMILES string of the molecule is COc1ccc(C(Br)CC(C)(C)C)c(C)c1. The molecule has 0 radical (unpaired) electrons. The number of hydrogen-bond acceptors (Lipinski definition) is 1. The smallest absolute Gasteiger partial charge is 0.119 e. The molecule has 0 spiro atoms. The molecule has 0 aromatic heterocycles. The predicted octanol–water partition coefficient (Wildman–Crippen LogP) is 4.88. The number of alkyl halides is 1. The molecule has 0 aliphatic carbocycles. The Labute approximate surface area is 107 Å². The Bertz CT molecular complexity index is 352. The fourth-order valence-electron chi connectivity index (χ4n) is 1.77. The maximum atomic E-state index is 5.22. The van der Waals surface area contributed by atoms with Crippen molar-refractivity contribution in [2.45, 2.75) is 38.9 Å². The van der Waals surface area contributed by atoms with Crippen LogP contribution in [0.4, 0.5) is 0 Å². The molecule has 0 heterocycles. The zero-order valence-electron chi connectivity index (χ0n) is 10.8. The van der Waals surface area contributed by atoms with E-state index in [9.17, 15) is 0 Å². The van der Waals surface area contributed by atoms with Crippen LogP contribution in [0.3, 0.4) is 0 Å². The molecule has 0 aliphatic heterocycles. The van der Waals surface area contributed by atoms with Crippen LogP contribution in [0.25, 0.3) is 0 Å². The summed E-state index contributed by atoms with van der Waals surface area (Å²) in [6.07, 6.45) is 1.13. The lowest BCUT2D eigenvalue weighted by Gasteiger charge is -2.23. The van der Waals surface area contributed by atoms with Crippen LogP contribution in [0, 0.1) is 12.3 Å². The third-order valence-electron chi connectivity index (χ3n) is 2.61. The van der Waals surface area contributed by atoms with Gasteiger partial charge in [0.2, 0.25) is 0 Å². The van der Waals surface area contributed by atoms with E-state index in [0.29, 0.717) is 10.2 Å². The summed E-state index contributed by atoms with van der Waals surface area (Å²) in [5.74, 6) is 0.928. The molecule has 0 amide bonds. The van der Waals surface area contributed by atoms with E-state index in [1.165, 1.54) is 11.1 Å². The average Bonchev–Trinajstić information content (AvgIpc) is 2.14. The summed E-state index contributed by atoms with van der Waals surface area (Å²) in [6.45, 7) is 8.93. The fourth-order valence-corrected chi connectivity index (χ4v) is 3.26. The highest BCUT2D eigenvalue weighted by Gasteiger charge is 2.19. The number of rotatable bonds is 3. The Morgan fingerprint density at radius 2 is 1.94 bits per heavy atom. The summed E-state index contributed by atoms with van der Waals surface area (Å²) in [5.41, 5.74) is 2.97. The number of ether oxygens (including phenoxy) is 1. The molecule has 0 N–H and O–H groups in total. The van der Waals surface area contributed by atoms with Crippen molar-refractivity contribution in [3.05, 3.63) is 29.3 Å². The van der Waals surface area contributed by atoms with Crippen LogP contribution in [0.5, 0.6) is 5.75 Å². The average molecular weight is 285 g/mol. The summed E-state index contributed by atoms with van der Waals surface area (Å²) in [5, 5.41) is 0. The number of aryl methyl sites for hydroxylation is 1. The molecule has 1 unspecified atom stereocenters. The van der Waals surface area contributed by atoms with E-state index in [0.717, 1.165) is 12.2 Å². The minimum atomic E-state index is 0.334. The second-order valence-corrected chi connectivity index (χ2v) is 6.56. The van der Waals surface area contributed by atoms with E-state index in [4.69, 9.17) is 4.74 Å². The van der Waals surface area contributed by atoms with Gasteiger partial charge >= 0.3 is 0 Å². The number of hydrogen-bond donors (Lipinski definition) is 0. The Morgan fingerprint density at radius 1 is 1.31 bits per heavy atom.